The maximum absolute atomic E-state index is 12.8. The van der Waals surface area contributed by atoms with Crippen LogP contribution in [0.15, 0.2) is 54.6 Å². The third-order valence-electron chi connectivity index (χ3n) is 6.37. The van der Waals surface area contributed by atoms with Crippen molar-refractivity contribution in [3.8, 4) is 0 Å². The molecule has 1 fully saturated rings. The Kier molecular flexibility index (Phi) is 6.67. The zero-order valence-corrected chi connectivity index (χ0v) is 18.6. The van der Waals surface area contributed by atoms with Crippen LogP contribution in [0, 0.1) is 0 Å². The van der Waals surface area contributed by atoms with Crippen LogP contribution in [0.3, 0.4) is 0 Å². The largest absolute Gasteiger partial charge is 0.378 e. The number of likely N-dealkylation sites (tertiary alicyclic amines) is 1. The highest BCUT2D eigenvalue weighted by molar-refractivity contribution is 6.21. The van der Waals surface area contributed by atoms with E-state index in [0.29, 0.717) is 37.2 Å². The molecule has 0 spiro atoms. The van der Waals surface area contributed by atoms with Crippen molar-refractivity contribution in [1.82, 2.24) is 9.80 Å². The predicted molar refractivity (Wildman–Crippen MR) is 122 cm³/mol. The minimum atomic E-state index is -0.229. The molecule has 1 saturated heterocycles. The number of imide groups is 1. The van der Waals surface area contributed by atoms with Crippen LogP contribution in [-0.2, 0) is 9.53 Å². The molecule has 4 rings (SSSR count). The monoisotopic (exact) mass is 435 g/mol. The van der Waals surface area contributed by atoms with Crippen LogP contribution in [0.4, 0.5) is 5.69 Å². The summed E-state index contributed by atoms with van der Waals surface area (Å²) in [6, 6.07) is 16.6. The zero-order valence-electron chi connectivity index (χ0n) is 18.6. The van der Waals surface area contributed by atoms with Gasteiger partial charge in [0, 0.05) is 45.4 Å². The van der Waals surface area contributed by atoms with Crippen molar-refractivity contribution >= 4 is 23.4 Å². The molecule has 3 amide bonds. The maximum atomic E-state index is 12.8. The van der Waals surface area contributed by atoms with E-state index >= 15 is 0 Å². The molecule has 2 aliphatic heterocycles. The first-order valence-electron chi connectivity index (χ1n) is 11.1. The number of nitrogens with zero attached hydrogens (tertiary/aromatic N) is 3. The summed E-state index contributed by atoms with van der Waals surface area (Å²) in [7, 11) is 1.67. The lowest BCUT2D eigenvalue weighted by molar-refractivity contribution is -0.120. The molecule has 0 saturated carbocycles. The van der Waals surface area contributed by atoms with Crippen LogP contribution in [0.25, 0.3) is 0 Å². The molecule has 2 aromatic rings. The molecular formula is C25H29N3O4. The smallest absolute Gasteiger partial charge is 0.261 e. The van der Waals surface area contributed by atoms with Crippen molar-refractivity contribution in [1.29, 1.82) is 0 Å². The van der Waals surface area contributed by atoms with Gasteiger partial charge in [0.25, 0.3) is 11.8 Å². The highest BCUT2D eigenvalue weighted by Crippen LogP contribution is 2.27. The minimum absolute atomic E-state index is 0.0644. The van der Waals surface area contributed by atoms with Gasteiger partial charge in [0.1, 0.15) is 0 Å². The van der Waals surface area contributed by atoms with Crippen LogP contribution < -0.4 is 4.90 Å². The van der Waals surface area contributed by atoms with E-state index in [0.717, 1.165) is 18.7 Å². The number of methoxy groups -OCH3 is 1. The molecule has 0 N–H and O–H groups in total. The number of hydrogen-bond donors (Lipinski definition) is 0. The second-order valence-corrected chi connectivity index (χ2v) is 8.19. The lowest BCUT2D eigenvalue weighted by Gasteiger charge is -2.43. The number of para-hydroxylation sites is 1. The van der Waals surface area contributed by atoms with Crippen molar-refractivity contribution < 1.29 is 19.1 Å². The van der Waals surface area contributed by atoms with Crippen LogP contribution in [-0.4, -0.2) is 73.0 Å². The predicted octanol–water partition coefficient (Wildman–Crippen LogP) is 2.82. The molecule has 7 heteroatoms. The number of ether oxygens (including phenoxy) is 1. The van der Waals surface area contributed by atoms with Gasteiger partial charge in [-0.15, -0.1) is 0 Å². The lowest BCUT2D eigenvalue weighted by Crippen LogP contribution is -2.57. The van der Waals surface area contributed by atoms with Gasteiger partial charge < -0.3 is 9.64 Å². The van der Waals surface area contributed by atoms with E-state index in [2.05, 4.69) is 4.90 Å². The fourth-order valence-electron chi connectivity index (χ4n) is 4.66. The molecule has 2 aliphatic rings. The second kappa shape index (κ2) is 9.63. The van der Waals surface area contributed by atoms with Gasteiger partial charge in [-0.1, -0.05) is 37.3 Å². The summed E-state index contributed by atoms with van der Waals surface area (Å²) in [6.45, 7) is 4.17. The number of carbonyl (C=O) groups is 3. The first-order chi connectivity index (χ1) is 15.5. The quantitative estimate of drug-likeness (QED) is 0.626. The van der Waals surface area contributed by atoms with E-state index in [-0.39, 0.29) is 29.9 Å². The molecule has 0 aliphatic carbocycles. The summed E-state index contributed by atoms with van der Waals surface area (Å²) in [5, 5.41) is 0. The Morgan fingerprint density at radius 2 is 1.62 bits per heavy atom. The van der Waals surface area contributed by atoms with E-state index in [9.17, 15) is 14.4 Å². The van der Waals surface area contributed by atoms with Gasteiger partial charge in [0.05, 0.1) is 23.3 Å². The summed E-state index contributed by atoms with van der Waals surface area (Å²) in [6.07, 6.45) is 1.01. The van der Waals surface area contributed by atoms with Gasteiger partial charge in [-0.2, -0.15) is 0 Å². The number of amides is 3. The average molecular weight is 436 g/mol. The van der Waals surface area contributed by atoms with E-state index < -0.39 is 0 Å². The van der Waals surface area contributed by atoms with Gasteiger partial charge in [-0.25, -0.2) is 0 Å². The Balaban J connectivity index is 1.42. The number of anilines is 1. The average Bonchev–Trinajstić information content (AvgIpc) is 3.08. The number of hydrogen-bond acceptors (Lipinski definition) is 5. The Morgan fingerprint density at radius 1 is 1.00 bits per heavy atom. The Labute approximate surface area is 188 Å². The SMILES string of the molecule is CCC(=O)N(c1ccccc1)[C@H]1CCN(CCN2C(=O)c3ccccc3C2=O)C[C@H]1OC. The van der Waals surface area contributed by atoms with Gasteiger partial charge in [0.2, 0.25) is 5.91 Å². The third-order valence-corrected chi connectivity index (χ3v) is 6.37. The summed E-state index contributed by atoms with van der Waals surface area (Å²) in [5.41, 5.74) is 1.83. The van der Waals surface area contributed by atoms with E-state index in [1.54, 1.807) is 31.4 Å². The topological polar surface area (TPSA) is 70.2 Å². The number of carbonyl (C=O) groups excluding carboxylic acids is 3. The number of rotatable bonds is 7. The third kappa shape index (κ3) is 4.18. The van der Waals surface area contributed by atoms with Crippen LogP contribution in [0.1, 0.15) is 40.5 Å². The number of piperidine rings is 1. The lowest BCUT2D eigenvalue weighted by atomic mass is 9.98. The molecule has 0 aromatic heterocycles. The second-order valence-electron chi connectivity index (χ2n) is 8.19. The highest BCUT2D eigenvalue weighted by Gasteiger charge is 2.38. The fourth-order valence-corrected chi connectivity index (χ4v) is 4.66. The first kappa shape index (κ1) is 22.2. The van der Waals surface area contributed by atoms with Crippen molar-refractivity contribution in [3.05, 3.63) is 65.7 Å². The minimum Gasteiger partial charge on any atom is -0.378 e. The molecule has 7 nitrogen and oxygen atoms in total. The molecule has 168 valence electrons. The normalized spacial score (nSPS) is 21.0. The van der Waals surface area contributed by atoms with Gasteiger partial charge in [-0.05, 0) is 30.7 Å². The first-order valence-corrected chi connectivity index (χ1v) is 11.1. The van der Waals surface area contributed by atoms with E-state index in [1.165, 1.54) is 4.90 Å². The Hall–Kier alpha value is -3.03. The summed E-state index contributed by atoms with van der Waals surface area (Å²) in [4.78, 5) is 43.5. The van der Waals surface area contributed by atoms with Crippen LogP contribution in [0.2, 0.25) is 0 Å². The fraction of sp³-hybridized carbons (Fsp3) is 0.400. The maximum Gasteiger partial charge on any atom is 0.261 e. The van der Waals surface area contributed by atoms with Crippen LogP contribution in [0.5, 0.6) is 0 Å². The number of fused-ring (bicyclic) bond motifs is 1. The Bertz CT molecular complexity index is 959. The van der Waals surface area contributed by atoms with Crippen molar-refractivity contribution in [2.45, 2.75) is 31.9 Å². The van der Waals surface area contributed by atoms with Crippen molar-refractivity contribution in [3.63, 3.8) is 0 Å². The van der Waals surface area contributed by atoms with Gasteiger partial charge in [-0.3, -0.25) is 24.2 Å². The van der Waals surface area contributed by atoms with Crippen LogP contribution >= 0.6 is 0 Å². The van der Waals surface area contributed by atoms with Crippen molar-refractivity contribution in [2.75, 3.05) is 38.2 Å². The molecule has 2 atom stereocenters. The molecular weight excluding hydrogens is 406 g/mol. The molecule has 2 heterocycles. The summed E-state index contributed by atoms with van der Waals surface area (Å²) < 4.78 is 5.81. The van der Waals surface area contributed by atoms with E-state index in [4.69, 9.17) is 4.74 Å². The highest BCUT2D eigenvalue weighted by atomic mass is 16.5. The molecule has 0 unspecified atom stereocenters. The molecule has 2 aromatic carbocycles. The Morgan fingerprint density at radius 3 is 2.22 bits per heavy atom. The summed E-state index contributed by atoms with van der Waals surface area (Å²) >= 11 is 0. The van der Waals surface area contributed by atoms with Gasteiger partial charge >= 0.3 is 0 Å². The zero-order chi connectivity index (χ0) is 22.7. The standard InChI is InChI=1S/C25H29N3O4/c1-3-23(29)28(18-9-5-4-6-10-18)21-13-14-26(17-22(21)32-2)15-16-27-24(30)19-11-7-8-12-20(19)25(27)31/h4-12,21-22H,3,13-17H2,1-2H3/t21-,22+/m0/s1. The van der Waals surface area contributed by atoms with Crippen molar-refractivity contribution in [2.24, 2.45) is 0 Å². The van der Waals surface area contributed by atoms with Gasteiger partial charge in [0.15, 0.2) is 0 Å². The van der Waals surface area contributed by atoms with E-state index in [1.807, 2.05) is 42.2 Å². The number of benzene rings is 2. The molecule has 32 heavy (non-hydrogen) atoms. The summed E-state index contributed by atoms with van der Waals surface area (Å²) in [5.74, 6) is -0.386. The molecule has 0 radical (unpaired) electrons. The molecule has 0 bridgehead atoms.